The molecule has 1 unspecified atom stereocenters. The van der Waals surface area contributed by atoms with E-state index < -0.39 is 0 Å². The van der Waals surface area contributed by atoms with Crippen molar-refractivity contribution in [1.29, 1.82) is 0 Å². The lowest BCUT2D eigenvalue weighted by atomic mass is 9.94. The summed E-state index contributed by atoms with van der Waals surface area (Å²) in [6.07, 6.45) is 4.52. The van der Waals surface area contributed by atoms with Crippen LogP contribution in [0.1, 0.15) is 31.1 Å². The molecule has 1 aliphatic heterocycles. The number of nitrogens with one attached hydrogen (secondary N) is 2. The second kappa shape index (κ2) is 4.70. The van der Waals surface area contributed by atoms with Crippen molar-refractivity contribution in [1.82, 2.24) is 15.3 Å². The Kier molecular flexibility index (Phi) is 3.03. The summed E-state index contributed by atoms with van der Waals surface area (Å²) in [4.78, 5) is 7.15. The van der Waals surface area contributed by atoms with E-state index >= 15 is 0 Å². The van der Waals surface area contributed by atoms with E-state index in [0.29, 0.717) is 0 Å². The lowest BCUT2D eigenvalue weighted by molar-refractivity contribution is 0.0967. The molecule has 0 saturated carbocycles. The zero-order chi connectivity index (χ0) is 13.3. The van der Waals surface area contributed by atoms with Gasteiger partial charge in [-0.3, -0.25) is 0 Å². The Morgan fingerprint density at radius 3 is 3.00 bits per heavy atom. The predicted molar refractivity (Wildman–Crippen MR) is 74.2 cm³/mol. The van der Waals surface area contributed by atoms with Crippen LogP contribution < -0.4 is 10.1 Å². The Morgan fingerprint density at radius 2 is 2.21 bits per heavy atom. The molecule has 4 heteroatoms. The average molecular weight is 257 g/mol. The maximum Gasteiger partial charge on any atom is 0.125 e. The van der Waals surface area contributed by atoms with E-state index in [9.17, 15) is 0 Å². The first-order valence-corrected chi connectivity index (χ1v) is 6.65. The Labute approximate surface area is 113 Å². The van der Waals surface area contributed by atoms with E-state index in [2.05, 4.69) is 41.3 Å². The Bertz CT molecular complexity index is 548. The molecule has 100 valence electrons. The van der Waals surface area contributed by atoms with Crippen molar-refractivity contribution >= 4 is 0 Å². The van der Waals surface area contributed by atoms with Crippen LogP contribution in [0, 0.1) is 0 Å². The largest absolute Gasteiger partial charge is 0.486 e. The van der Waals surface area contributed by atoms with Crippen LogP contribution in [0.15, 0.2) is 36.8 Å². The summed E-state index contributed by atoms with van der Waals surface area (Å²) in [5.74, 6) is 0.992. The van der Waals surface area contributed by atoms with E-state index in [-0.39, 0.29) is 11.6 Å². The minimum atomic E-state index is -0.211. The highest BCUT2D eigenvalue weighted by Gasteiger charge is 2.40. The average Bonchev–Trinajstić information content (AvgIpc) is 2.96. The predicted octanol–water partition coefficient (Wildman–Crippen LogP) is 2.45. The van der Waals surface area contributed by atoms with E-state index in [0.717, 1.165) is 24.4 Å². The van der Waals surface area contributed by atoms with Gasteiger partial charge < -0.3 is 15.0 Å². The quantitative estimate of drug-likeness (QED) is 0.884. The third-order valence-corrected chi connectivity index (χ3v) is 3.60. The number of fused-ring (bicyclic) bond motifs is 1. The molecule has 4 nitrogen and oxygen atoms in total. The summed E-state index contributed by atoms with van der Waals surface area (Å²) in [7, 11) is 0. The van der Waals surface area contributed by atoms with Gasteiger partial charge in [0.25, 0.3) is 0 Å². The van der Waals surface area contributed by atoms with Gasteiger partial charge in [0.15, 0.2) is 0 Å². The lowest BCUT2D eigenvalue weighted by Gasteiger charge is -2.27. The van der Waals surface area contributed by atoms with Crippen LogP contribution in [0.5, 0.6) is 5.75 Å². The second-order valence-electron chi connectivity index (χ2n) is 5.46. The number of ether oxygens (including phenoxy) is 1. The number of aromatic nitrogens is 2. The molecule has 0 amide bonds. The standard InChI is InChI=1S/C15H19N3O/c1-15(2)14(12-5-3-4-6-13(12)19-15)17-8-7-11-9-16-10-18-11/h3-6,9-10,14,17H,7-8H2,1-2H3,(H,16,18). The summed E-state index contributed by atoms with van der Waals surface area (Å²) in [5, 5.41) is 3.59. The van der Waals surface area contributed by atoms with Gasteiger partial charge in [0.2, 0.25) is 0 Å². The van der Waals surface area contributed by atoms with Crippen LogP contribution >= 0.6 is 0 Å². The summed E-state index contributed by atoms with van der Waals surface area (Å²) < 4.78 is 6.01. The third kappa shape index (κ3) is 2.36. The van der Waals surface area contributed by atoms with Gasteiger partial charge in [-0.05, 0) is 19.9 Å². The highest BCUT2D eigenvalue weighted by molar-refractivity contribution is 5.42. The molecule has 3 rings (SSSR count). The monoisotopic (exact) mass is 257 g/mol. The highest BCUT2D eigenvalue weighted by atomic mass is 16.5. The van der Waals surface area contributed by atoms with Gasteiger partial charge in [-0.1, -0.05) is 18.2 Å². The minimum absolute atomic E-state index is 0.211. The highest BCUT2D eigenvalue weighted by Crippen LogP contribution is 2.42. The van der Waals surface area contributed by atoms with Crippen molar-refractivity contribution < 1.29 is 4.74 Å². The number of H-pyrrole nitrogens is 1. The first kappa shape index (κ1) is 12.2. The normalized spacial score (nSPS) is 20.0. The van der Waals surface area contributed by atoms with Gasteiger partial charge in [-0.15, -0.1) is 0 Å². The molecule has 0 radical (unpaired) electrons. The zero-order valence-corrected chi connectivity index (χ0v) is 11.3. The summed E-state index contributed by atoms with van der Waals surface area (Å²) >= 11 is 0. The molecule has 2 heterocycles. The fourth-order valence-electron chi connectivity index (χ4n) is 2.66. The molecule has 1 atom stereocenters. The van der Waals surface area contributed by atoms with Crippen LogP contribution in [0.2, 0.25) is 0 Å². The number of benzene rings is 1. The number of imidazole rings is 1. The Balaban J connectivity index is 1.69. The Hall–Kier alpha value is -1.81. The number of para-hydroxylation sites is 1. The van der Waals surface area contributed by atoms with E-state index in [4.69, 9.17) is 4.74 Å². The van der Waals surface area contributed by atoms with Gasteiger partial charge in [0, 0.05) is 30.4 Å². The van der Waals surface area contributed by atoms with Crippen LogP contribution in [0.25, 0.3) is 0 Å². The number of hydrogen-bond donors (Lipinski definition) is 2. The summed E-state index contributed by atoms with van der Waals surface area (Å²) in [5.41, 5.74) is 2.19. The molecule has 0 fully saturated rings. The van der Waals surface area contributed by atoms with Crippen LogP contribution in [-0.4, -0.2) is 22.1 Å². The van der Waals surface area contributed by atoms with E-state index in [1.165, 1.54) is 5.56 Å². The number of nitrogens with zero attached hydrogens (tertiary/aromatic N) is 1. The smallest absolute Gasteiger partial charge is 0.125 e. The molecule has 0 spiro atoms. The maximum absolute atomic E-state index is 6.01. The molecule has 0 saturated heterocycles. The summed E-state index contributed by atoms with van der Waals surface area (Å²) in [6.45, 7) is 5.15. The van der Waals surface area contributed by atoms with Crippen LogP contribution in [0.4, 0.5) is 0 Å². The van der Waals surface area contributed by atoms with Gasteiger partial charge >= 0.3 is 0 Å². The molecule has 19 heavy (non-hydrogen) atoms. The van der Waals surface area contributed by atoms with E-state index in [1.807, 2.05) is 18.3 Å². The molecule has 1 aliphatic rings. The second-order valence-corrected chi connectivity index (χ2v) is 5.46. The van der Waals surface area contributed by atoms with Gasteiger partial charge in [0.05, 0.1) is 12.4 Å². The molecule has 2 aromatic rings. The SMILES string of the molecule is CC1(C)Oc2ccccc2C1NCCc1cnc[nH]1. The lowest BCUT2D eigenvalue weighted by Crippen LogP contribution is -2.39. The molecule has 2 N–H and O–H groups in total. The van der Waals surface area contributed by atoms with Crippen molar-refractivity contribution in [3.63, 3.8) is 0 Å². The van der Waals surface area contributed by atoms with Gasteiger partial charge in [0.1, 0.15) is 11.4 Å². The van der Waals surface area contributed by atoms with Gasteiger partial charge in [-0.25, -0.2) is 4.98 Å². The molecule has 0 bridgehead atoms. The minimum Gasteiger partial charge on any atom is -0.486 e. The maximum atomic E-state index is 6.01. The Morgan fingerprint density at radius 1 is 1.37 bits per heavy atom. The fourth-order valence-corrected chi connectivity index (χ4v) is 2.66. The van der Waals surface area contributed by atoms with Crippen LogP contribution in [0.3, 0.4) is 0 Å². The number of aromatic amines is 1. The van der Waals surface area contributed by atoms with Crippen molar-refractivity contribution in [3.8, 4) is 5.75 Å². The zero-order valence-electron chi connectivity index (χ0n) is 11.3. The number of rotatable bonds is 4. The van der Waals surface area contributed by atoms with E-state index in [1.54, 1.807) is 6.33 Å². The first-order chi connectivity index (χ1) is 9.17. The summed E-state index contributed by atoms with van der Waals surface area (Å²) in [6, 6.07) is 8.48. The van der Waals surface area contributed by atoms with Crippen molar-refractivity contribution in [3.05, 3.63) is 48.0 Å². The van der Waals surface area contributed by atoms with Gasteiger partial charge in [-0.2, -0.15) is 0 Å². The van der Waals surface area contributed by atoms with Crippen molar-refractivity contribution in [2.45, 2.75) is 31.9 Å². The molecule has 0 aliphatic carbocycles. The van der Waals surface area contributed by atoms with Crippen molar-refractivity contribution in [2.75, 3.05) is 6.54 Å². The molecular weight excluding hydrogens is 238 g/mol. The first-order valence-electron chi connectivity index (χ1n) is 6.65. The molecule has 1 aromatic heterocycles. The number of hydrogen-bond acceptors (Lipinski definition) is 3. The molecule has 1 aromatic carbocycles. The van der Waals surface area contributed by atoms with Crippen molar-refractivity contribution in [2.24, 2.45) is 0 Å². The third-order valence-electron chi connectivity index (χ3n) is 3.60. The molecular formula is C15H19N3O. The van der Waals surface area contributed by atoms with Crippen LogP contribution in [-0.2, 0) is 6.42 Å². The fraction of sp³-hybridized carbons (Fsp3) is 0.400. The topological polar surface area (TPSA) is 49.9 Å².